The van der Waals surface area contributed by atoms with Crippen LogP contribution in [0.1, 0.15) is 36.8 Å². The van der Waals surface area contributed by atoms with Crippen LogP contribution in [0, 0.1) is 18.8 Å². The number of hydrogen-bond donors (Lipinski definition) is 1. The molecule has 1 N–H and O–H groups in total. The van der Waals surface area contributed by atoms with Gasteiger partial charge in [0.25, 0.3) is 0 Å². The second kappa shape index (κ2) is 5.07. The molecule has 3 unspecified atom stereocenters. The number of fused-ring (bicyclic) bond motifs is 2. The Bertz CT molecular complexity index is 496. The van der Waals surface area contributed by atoms with Crippen molar-refractivity contribution in [3.8, 4) is 0 Å². The fraction of sp³-hybridized carbons (Fsp3) is 0.667. The number of aryl methyl sites for hydroxylation is 2. The molecule has 3 aliphatic rings. The van der Waals surface area contributed by atoms with Gasteiger partial charge in [0.2, 0.25) is 0 Å². The molecule has 0 aromatic heterocycles. The van der Waals surface area contributed by atoms with Crippen molar-refractivity contribution in [3.05, 3.63) is 29.3 Å². The summed E-state index contributed by atoms with van der Waals surface area (Å²) in [5.74, 6) is 1.92. The Morgan fingerprint density at radius 2 is 2.20 bits per heavy atom. The Morgan fingerprint density at radius 3 is 3.15 bits per heavy atom. The zero-order chi connectivity index (χ0) is 13.5. The topological polar surface area (TPSA) is 15.3 Å². The van der Waals surface area contributed by atoms with Gasteiger partial charge in [-0.25, -0.2) is 0 Å². The lowest BCUT2D eigenvalue weighted by atomic mass is 9.92. The van der Waals surface area contributed by atoms with Crippen molar-refractivity contribution in [2.45, 2.75) is 45.1 Å². The predicted molar refractivity (Wildman–Crippen MR) is 84.3 cm³/mol. The van der Waals surface area contributed by atoms with Gasteiger partial charge in [0, 0.05) is 24.8 Å². The predicted octanol–water partition coefficient (Wildman–Crippen LogP) is 3.14. The summed E-state index contributed by atoms with van der Waals surface area (Å²) in [4.78, 5) is 2.65. The van der Waals surface area contributed by atoms with Crippen LogP contribution >= 0.6 is 0 Å². The zero-order valence-corrected chi connectivity index (χ0v) is 12.6. The molecule has 2 heterocycles. The highest BCUT2D eigenvalue weighted by Crippen LogP contribution is 2.39. The molecule has 2 fully saturated rings. The molecule has 1 saturated carbocycles. The number of nitrogens with one attached hydrogen (secondary N) is 1. The molecular formula is C18H26N2. The SMILES string of the molecule is Cc1ccc2c(c1)CCCN2CC1NCC2CCCC21. The first kappa shape index (κ1) is 12.7. The fourth-order valence-electron chi connectivity index (χ4n) is 4.73. The minimum Gasteiger partial charge on any atom is -0.370 e. The molecule has 0 radical (unpaired) electrons. The Labute approximate surface area is 122 Å². The molecule has 2 nitrogen and oxygen atoms in total. The normalized spacial score (nSPS) is 32.2. The smallest absolute Gasteiger partial charge is 0.0399 e. The van der Waals surface area contributed by atoms with E-state index in [0.29, 0.717) is 0 Å². The molecule has 1 aromatic rings. The van der Waals surface area contributed by atoms with E-state index in [1.807, 2.05) is 0 Å². The first-order valence-electron chi connectivity index (χ1n) is 8.39. The van der Waals surface area contributed by atoms with E-state index < -0.39 is 0 Å². The second-order valence-electron chi connectivity index (χ2n) is 7.05. The number of benzene rings is 1. The van der Waals surface area contributed by atoms with Gasteiger partial charge in [-0.15, -0.1) is 0 Å². The lowest BCUT2D eigenvalue weighted by Gasteiger charge is -2.35. The van der Waals surface area contributed by atoms with Crippen molar-refractivity contribution in [3.63, 3.8) is 0 Å². The van der Waals surface area contributed by atoms with E-state index in [1.165, 1.54) is 63.0 Å². The molecule has 0 spiro atoms. The summed E-state index contributed by atoms with van der Waals surface area (Å²) in [6.07, 6.45) is 6.96. The summed E-state index contributed by atoms with van der Waals surface area (Å²) < 4.78 is 0. The summed E-state index contributed by atoms with van der Waals surface area (Å²) in [6.45, 7) is 5.94. The first-order chi connectivity index (χ1) is 9.81. The van der Waals surface area contributed by atoms with Crippen molar-refractivity contribution in [1.29, 1.82) is 0 Å². The maximum atomic E-state index is 3.81. The van der Waals surface area contributed by atoms with Crippen molar-refractivity contribution in [2.24, 2.45) is 11.8 Å². The fourth-order valence-corrected chi connectivity index (χ4v) is 4.73. The van der Waals surface area contributed by atoms with Crippen molar-refractivity contribution < 1.29 is 0 Å². The molecule has 108 valence electrons. The van der Waals surface area contributed by atoms with Gasteiger partial charge in [0.15, 0.2) is 0 Å². The third kappa shape index (κ3) is 2.14. The maximum absolute atomic E-state index is 3.81. The van der Waals surface area contributed by atoms with Crippen LogP contribution in [0.25, 0.3) is 0 Å². The molecule has 4 rings (SSSR count). The molecule has 0 bridgehead atoms. The molecule has 0 amide bonds. The van der Waals surface area contributed by atoms with Crippen LogP contribution in [0.2, 0.25) is 0 Å². The number of hydrogen-bond acceptors (Lipinski definition) is 2. The molecule has 2 heteroatoms. The summed E-state index contributed by atoms with van der Waals surface area (Å²) in [5.41, 5.74) is 4.47. The van der Waals surface area contributed by atoms with Gasteiger partial charge >= 0.3 is 0 Å². The van der Waals surface area contributed by atoms with Crippen LogP contribution in [0.4, 0.5) is 5.69 Å². The summed E-state index contributed by atoms with van der Waals surface area (Å²) in [5, 5.41) is 3.81. The number of anilines is 1. The zero-order valence-electron chi connectivity index (χ0n) is 12.6. The van der Waals surface area contributed by atoms with Gasteiger partial charge in [0.05, 0.1) is 0 Å². The molecule has 1 saturated heterocycles. The minimum absolute atomic E-state index is 0.731. The summed E-state index contributed by atoms with van der Waals surface area (Å²) in [7, 11) is 0. The molecule has 2 aliphatic heterocycles. The van der Waals surface area contributed by atoms with Crippen LogP contribution in [-0.4, -0.2) is 25.7 Å². The van der Waals surface area contributed by atoms with Crippen molar-refractivity contribution >= 4 is 5.69 Å². The number of rotatable bonds is 2. The summed E-state index contributed by atoms with van der Waals surface area (Å²) in [6, 6.07) is 7.75. The molecule has 1 aliphatic carbocycles. The lowest BCUT2D eigenvalue weighted by molar-refractivity contribution is 0.406. The standard InChI is InChI=1S/C18H26N2/c1-13-7-8-18-14(10-13)5-3-9-20(18)12-17-16-6-2-4-15(16)11-19-17/h7-8,10,15-17,19H,2-6,9,11-12H2,1H3. The minimum atomic E-state index is 0.731. The Balaban J connectivity index is 1.53. The quantitative estimate of drug-likeness (QED) is 0.888. The lowest BCUT2D eigenvalue weighted by Crippen LogP contribution is -2.42. The van der Waals surface area contributed by atoms with Crippen LogP contribution in [0.5, 0.6) is 0 Å². The van der Waals surface area contributed by atoms with Crippen molar-refractivity contribution in [2.75, 3.05) is 24.5 Å². The van der Waals surface area contributed by atoms with E-state index in [9.17, 15) is 0 Å². The van der Waals surface area contributed by atoms with E-state index >= 15 is 0 Å². The largest absolute Gasteiger partial charge is 0.370 e. The van der Waals surface area contributed by atoms with E-state index in [-0.39, 0.29) is 0 Å². The van der Waals surface area contributed by atoms with Crippen LogP contribution in [0.3, 0.4) is 0 Å². The second-order valence-corrected chi connectivity index (χ2v) is 7.05. The molecule has 3 atom stereocenters. The van der Waals surface area contributed by atoms with Gasteiger partial charge in [-0.2, -0.15) is 0 Å². The molecular weight excluding hydrogens is 244 g/mol. The highest BCUT2D eigenvalue weighted by molar-refractivity contribution is 5.56. The van der Waals surface area contributed by atoms with Gasteiger partial charge < -0.3 is 10.2 Å². The third-order valence-electron chi connectivity index (χ3n) is 5.74. The van der Waals surface area contributed by atoms with Gasteiger partial charge in [0.1, 0.15) is 0 Å². The maximum Gasteiger partial charge on any atom is 0.0399 e. The van der Waals surface area contributed by atoms with Gasteiger partial charge in [-0.1, -0.05) is 24.1 Å². The van der Waals surface area contributed by atoms with Crippen LogP contribution in [-0.2, 0) is 6.42 Å². The average molecular weight is 270 g/mol. The summed E-state index contributed by atoms with van der Waals surface area (Å²) >= 11 is 0. The Kier molecular flexibility index (Phi) is 3.22. The van der Waals surface area contributed by atoms with E-state index in [2.05, 4.69) is 35.3 Å². The number of nitrogens with zero attached hydrogens (tertiary/aromatic N) is 1. The monoisotopic (exact) mass is 270 g/mol. The van der Waals surface area contributed by atoms with Gasteiger partial charge in [-0.05, 0) is 62.6 Å². The van der Waals surface area contributed by atoms with Gasteiger partial charge in [-0.3, -0.25) is 0 Å². The first-order valence-corrected chi connectivity index (χ1v) is 8.39. The Hall–Kier alpha value is -1.02. The highest BCUT2D eigenvalue weighted by atomic mass is 15.2. The van der Waals surface area contributed by atoms with Crippen LogP contribution in [0.15, 0.2) is 18.2 Å². The molecule has 20 heavy (non-hydrogen) atoms. The van der Waals surface area contributed by atoms with E-state index in [1.54, 1.807) is 5.56 Å². The van der Waals surface area contributed by atoms with E-state index in [0.717, 1.165) is 17.9 Å². The van der Waals surface area contributed by atoms with Crippen LogP contribution < -0.4 is 10.2 Å². The molecule has 1 aromatic carbocycles. The highest BCUT2D eigenvalue weighted by Gasteiger charge is 2.39. The van der Waals surface area contributed by atoms with Crippen molar-refractivity contribution in [1.82, 2.24) is 5.32 Å². The Morgan fingerprint density at radius 1 is 1.25 bits per heavy atom. The third-order valence-corrected chi connectivity index (χ3v) is 5.74. The van der Waals surface area contributed by atoms with E-state index in [4.69, 9.17) is 0 Å². The average Bonchev–Trinajstić information content (AvgIpc) is 3.03.